The zero-order valence-corrected chi connectivity index (χ0v) is 11.9. The first-order valence-corrected chi connectivity index (χ1v) is 7.94. The van der Waals surface area contributed by atoms with Gasteiger partial charge in [0.2, 0.25) is 0 Å². The van der Waals surface area contributed by atoms with Crippen molar-refractivity contribution in [3.05, 3.63) is 65.0 Å². The normalized spacial score (nSPS) is 11.5. The average Bonchev–Trinajstić information content (AvgIpc) is 2.35. The quantitative estimate of drug-likeness (QED) is 0.862. The van der Waals surface area contributed by atoms with E-state index in [0.717, 1.165) is 22.3 Å². The lowest BCUT2D eigenvalue weighted by Crippen LogP contribution is -2.10. The Morgan fingerprint density at radius 3 is 2.26 bits per heavy atom. The van der Waals surface area contributed by atoms with Crippen LogP contribution in [-0.2, 0) is 21.3 Å². The fraction of sp³-hybridized carbons (Fsp3) is 0.267. The molecule has 2 aromatic rings. The van der Waals surface area contributed by atoms with Gasteiger partial charge in [-0.15, -0.1) is 0 Å². The number of aromatic nitrogens is 1. The van der Waals surface area contributed by atoms with Crippen LogP contribution in [0.25, 0.3) is 0 Å². The maximum atomic E-state index is 12.2. The van der Waals surface area contributed by atoms with Crippen LogP contribution < -0.4 is 0 Å². The zero-order chi connectivity index (χ0) is 13.9. The Balaban J connectivity index is 2.23. The Labute approximate surface area is 114 Å². The van der Waals surface area contributed by atoms with Gasteiger partial charge in [0, 0.05) is 12.4 Å². The molecule has 0 atom stereocenters. The summed E-state index contributed by atoms with van der Waals surface area (Å²) in [5.74, 6) is 0.120. The van der Waals surface area contributed by atoms with Crippen LogP contribution in [-0.4, -0.2) is 13.4 Å². The van der Waals surface area contributed by atoms with Gasteiger partial charge in [-0.2, -0.15) is 0 Å². The van der Waals surface area contributed by atoms with Crippen LogP contribution in [0.15, 0.2) is 42.7 Å². The second-order valence-electron chi connectivity index (χ2n) is 4.76. The van der Waals surface area contributed by atoms with Crippen molar-refractivity contribution in [2.75, 3.05) is 0 Å². The first kappa shape index (κ1) is 13.7. The van der Waals surface area contributed by atoms with Gasteiger partial charge in [0.15, 0.2) is 9.84 Å². The van der Waals surface area contributed by atoms with Crippen LogP contribution in [0.1, 0.15) is 22.3 Å². The highest BCUT2D eigenvalue weighted by molar-refractivity contribution is 7.89. The Morgan fingerprint density at radius 2 is 1.68 bits per heavy atom. The van der Waals surface area contributed by atoms with E-state index < -0.39 is 9.84 Å². The fourth-order valence-corrected chi connectivity index (χ4v) is 3.76. The summed E-state index contributed by atoms with van der Waals surface area (Å²) in [6.45, 7) is 3.89. The lowest BCUT2D eigenvalue weighted by atomic mass is 10.1. The lowest BCUT2D eigenvalue weighted by Gasteiger charge is -2.10. The highest BCUT2D eigenvalue weighted by Gasteiger charge is 2.16. The van der Waals surface area contributed by atoms with E-state index in [0.29, 0.717) is 0 Å². The molecule has 0 radical (unpaired) electrons. The predicted octanol–water partition coefficient (Wildman–Crippen LogP) is 2.81. The third kappa shape index (κ3) is 3.64. The number of rotatable bonds is 4. The molecule has 0 fully saturated rings. The summed E-state index contributed by atoms with van der Waals surface area (Å²) in [7, 11) is -3.17. The van der Waals surface area contributed by atoms with E-state index in [9.17, 15) is 8.42 Å². The van der Waals surface area contributed by atoms with E-state index in [2.05, 4.69) is 4.98 Å². The predicted molar refractivity (Wildman–Crippen MR) is 76.5 cm³/mol. The molecule has 0 spiro atoms. The van der Waals surface area contributed by atoms with Crippen LogP contribution in [0.5, 0.6) is 0 Å². The first-order chi connectivity index (χ1) is 8.98. The van der Waals surface area contributed by atoms with E-state index in [4.69, 9.17) is 0 Å². The second-order valence-corrected chi connectivity index (χ2v) is 6.83. The summed E-state index contributed by atoms with van der Waals surface area (Å²) in [6.07, 6.45) is 3.24. The maximum absolute atomic E-state index is 12.2. The molecule has 19 heavy (non-hydrogen) atoms. The zero-order valence-electron chi connectivity index (χ0n) is 11.1. The number of hydrogen-bond donors (Lipinski definition) is 0. The van der Waals surface area contributed by atoms with Crippen molar-refractivity contribution in [2.45, 2.75) is 25.4 Å². The van der Waals surface area contributed by atoms with Gasteiger partial charge in [-0.1, -0.05) is 24.3 Å². The number of pyridine rings is 1. The molecule has 0 N–H and O–H groups in total. The number of sulfone groups is 1. The van der Waals surface area contributed by atoms with Crippen molar-refractivity contribution in [1.29, 1.82) is 0 Å². The van der Waals surface area contributed by atoms with Gasteiger partial charge in [-0.3, -0.25) is 4.98 Å². The average molecular weight is 275 g/mol. The summed E-state index contributed by atoms with van der Waals surface area (Å²) in [5.41, 5.74) is 3.68. The summed E-state index contributed by atoms with van der Waals surface area (Å²) >= 11 is 0. The van der Waals surface area contributed by atoms with Crippen molar-refractivity contribution >= 4 is 9.84 Å². The summed E-state index contributed by atoms with van der Waals surface area (Å²) in [4.78, 5) is 3.95. The monoisotopic (exact) mass is 275 g/mol. The van der Waals surface area contributed by atoms with Crippen molar-refractivity contribution < 1.29 is 8.42 Å². The number of aryl methyl sites for hydroxylation is 2. The van der Waals surface area contributed by atoms with Gasteiger partial charge in [0.1, 0.15) is 0 Å². The second kappa shape index (κ2) is 5.53. The topological polar surface area (TPSA) is 47.0 Å². The Bertz CT molecular complexity index is 644. The molecular weight excluding hydrogens is 258 g/mol. The van der Waals surface area contributed by atoms with Crippen molar-refractivity contribution in [2.24, 2.45) is 0 Å². The van der Waals surface area contributed by atoms with E-state index >= 15 is 0 Å². The molecule has 1 heterocycles. The molecule has 100 valence electrons. The molecule has 1 aromatic carbocycles. The number of hydrogen-bond acceptors (Lipinski definition) is 3. The molecule has 0 saturated carbocycles. The minimum Gasteiger partial charge on any atom is -0.264 e. The lowest BCUT2D eigenvalue weighted by molar-refractivity contribution is 0.594. The Morgan fingerprint density at radius 1 is 1.00 bits per heavy atom. The van der Waals surface area contributed by atoms with E-state index in [-0.39, 0.29) is 11.5 Å². The van der Waals surface area contributed by atoms with Crippen LogP contribution in [0.4, 0.5) is 0 Å². The van der Waals surface area contributed by atoms with Crippen LogP contribution in [0.2, 0.25) is 0 Å². The Kier molecular flexibility index (Phi) is 4.00. The third-order valence-electron chi connectivity index (χ3n) is 3.12. The molecule has 0 aliphatic carbocycles. The van der Waals surface area contributed by atoms with Gasteiger partial charge in [0.25, 0.3) is 0 Å². The summed E-state index contributed by atoms with van der Waals surface area (Å²) in [5, 5.41) is 0. The first-order valence-electron chi connectivity index (χ1n) is 6.12. The third-order valence-corrected chi connectivity index (χ3v) is 4.62. The minimum absolute atomic E-state index is 0.0363. The SMILES string of the molecule is Cc1cccc(C)c1CS(=O)(=O)Cc1cccnc1. The minimum atomic E-state index is -3.17. The van der Waals surface area contributed by atoms with E-state index in [1.165, 1.54) is 0 Å². The van der Waals surface area contributed by atoms with E-state index in [1.807, 2.05) is 32.0 Å². The van der Waals surface area contributed by atoms with Gasteiger partial charge >= 0.3 is 0 Å². The number of nitrogens with zero attached hydrogens (tertiary/aromatic N) is 1. The molecule has 0 bridgehead atoms. The van der Waals surface area contributed by atoms with Gasteiger partial charge in [0.05, 0.1) is 11.5 Å². The summed E-state index contributed by atoms with van der Waals surface area (Å²) in [6, 6.07) is 9.38. The van der Waals surface area contributed by atoms with Crippen LogP contribution >= 0.6 is 0 Å². The van der Waals surface area contributed by atoms with E-state index in [1.54, 1.807) is 24.5 Å². The highest BCUT2D eigenvalue weighted by Crippen LogP contribution is 2.18. The molecule has 0 amide bonds. The van der Waals surface area contributed by atoms with Gasteiger partial charge in [-0.25, -0.2) is 8.42 Å². The molecule has 1 aromatic heterocycles. The van der Waals surface area contributed by atoms with Crippen LogP contribution in [0.3, 0.4) is 0 Å². The molecule has 0 saturated heterocycles. The van der Waals surface area contributed by atoms with Crippen molar-refractivity contribution in [3.8, 4) is 0 Å². The molecule has 3 nitrogen and oxygen atoms in total. The van der Waals surface area contributed by atoms with Crippen LogP contribution in [0, 0.1) is 13.8 Å². The fourth-order valence-electron chi connectivity index (χ4n) is 2.09. The number of benzene rings is 1. The Hall–Kier alpha value is -1.68. The standard InChI is InChI=1S/C15H17NO2S/c1-12-5-3-6-13(2)15(12)11-19(17,18)10-14-7-4-8-16-9-14/h3-9H,10-11H2,1-2H3. The molecule has 2 rings (SSSR count). The molecular formula is C15H17NO2S. The molecule has 0 aliphatic heterocycles. The maximum Gasteiger partial charge on any atom is 0.158 e. The largest absolute Gasteiger partial charge is 0.264 e. The van der Waals surface area contributed by atoms with Gasteiger partial charge < -0.3 is 0 Å². The molecule has 4 heteroatoms. The summed E-state index contributed by atoms with van der Waals surface area (Å²) < 4.78 is 24.5. The van der Waals surface area contributed by atoms with Crippen molar-refractivity contribution in [1.82, 2.24) is 4.98 Å². The highest BCUT2D eigenvalue weighted by atomic mass is 32.2. The van der Waals surface area contributed by atoms with Crippen molar-refractivity contribution in [3.63, 3.8) is 0 Å². The molecule has 0 aliphatic rings. The smallest absolute Gasteiger partial charge is 0.158 e. The molecule has 0 unspecified atom stereocenters. The van der Waals surface area contributed by atoms with Gasteiger partial charge in [-0.05, 0) is 42.2 Å².